The summed E-state index contributed by atoms with van der Waals surface area (Å²) in [6.07, 6.45) is 2.93. The summed E-state index contributed by atoms with van der Waals surface area (Å²) in [5.41, 5.74) is 2.53. The van der Waals surface area contributed by atoms with E-state index in [1.807, 2.05) is 13.2 Å². The first-order valence-corrected chi connectivity index (χ1v) is 6.08. The minimum atomic E-state index is 0.809. The Hall–Kier alpha value is -1.55. The molecule has 0 radical (unpaired) electrons. The first-order valence-electron chi connectivity index (χ1n) is 5.26. The summed E-state index contributed by atoms with van der Waals surface area (Å²) < 4.78 is 5.49. The van der Waals surface area contributed by atoms with Gasteiger partial charge in [0.2, 0.25) is 0 Å². The fourth-order valence-electron chi connectivity index (χ4n) is 1.86. The number of thiazole rings is 1. The molecule has 0 unspecified atom stereocenters. The minimum absolute atomic E-state index is 0.809. The number of aromatic nitrogens is 1. The highest BCUT2D eigenvalue weighted by molar-refractivity contribution is 7.18. The van der Waals surface area contributed by atoms with Crippen LogP contribution in [0.1, 0.15) is 5.56 Å². The Morgan fingerprint density at radius 1 is 1.44 bits per heavy atom. The first-order chi connectivity index (χ1) is 7.86. The van der Waals surface area contributed by atoms with Crippen molar-refractivity contribution < 1.29 is 4.74 Å². The second-order valence-corrected chi connectivity index (χ2v) is 4.73. The zero-order chi connectivity index (χ0) is 11.0. The van der Waals surface area contributed by atoms with Crippen LogP contribution in [0.4, 0.5) is 5.13 Å². The number of rotatable bonds is 2. The van der Waals surface area contributed by atoms with Gasteiger partial charge in [0.05, 0.1) is 11.5 Å². The van der Waals surface area contributed by atoms with Crippen LogP contribution in [0.3, 0.4) is 0 Å². The van der Waals surface area contributed by atoms with E-state index < -0.39 is 0 Å². The molecule has 2 aromatic rings. The van der Waals surface area contributed by atoms with Gasteiger partial charge in [-0.25, -0.2) is 4.98 Å². The van der Waals surface area contributed by atoms with Gasteiger partial charge in [0, 0.05) is 19.7 Å². The number of nitrogens with one attached hydrogen (secondary N) is 1. The van der Waals surface area contributed by atoms with Gasteiger partial charge >= 0.3 is 0 Å². The lowest BCUT2D eigenvalue weighted by atomic mass is 10.1. The van der Waals surface area contributed by atoms with E-state index in [1.165, 1.54) is 16.0 Å². The van der Waals surface area contributed by atoms with Crippen molar-refractivity contribution in [2.75, 3.05) is 19.0 Å². The quantitative estimate of drug-likeness (QED) is 0.864. The molecule has 0 fully saturated rings. The van der Waals surface area contributed by atoms with Crippen LogP contribution in [0.2, 0.25) is 0 Å². The van der Waals surface area contributed by atoms with Crippen molar-refractivity contribution in [1.82, 2.24) is 4.98 Å². The molecule has 1 N–H and O–H groups in total. The highest BCUT2D eigenvalue weighted by Gasteiger charge is 2.13. The van der Waals surface area contributed by atoms with Gasteiger partial charge in [0.25, 0.3) is 0 Å². The SMILES string of the molecule is CNc1ncc(-c2ccc3c(c2)CCO3)s1. The Kier molecular flexibility index (Phi) is 2.29. The number of ether oxygens (including phenoxy) is 1. The van der Waals surface area contributed by atoms with Crippen LogP contribution in [0.25, 0.3) is 10.4 Å². The lowest BCUT2D eigenvalue weighted by Crippen LogP contribution is -1.85. The Labute approximate surface area is 98.1 Å². The molecular weight excluding hydrogens is 220 g/mol. The largest absolute Gasteiger partial charge is 0.493 e. The molecule has 0 spiro atoms. The molecular formula is C12H12N2OS. The predicted molar refractivity (Wildman–Crippen MR) is 66.3 cm³/mol. The summed E-state index contributed by atoms with van der Waals surface area (Å²) in [7, 11) is 1.89. The van der Waals surface area contributed by atoms with Crippen molar-refractivity contribution in [3.8, 4) is 16.2 Å². The van der Waals surface area contributed by atoms with Crippen molar-refractivity contribution in [1.29, 1.82) is 0 Å². The summed E-state index contributed by atoms with van der Waals surface area (Å²) >= 11 is 1.67. The molecule has 0 aliphatic carbocycles. The fourth-order valence-corrected chi connectivity index (χ4v) is 2.63. The van der Waals surface area contributed by atoms with Crippen LogP contribution in [0.15, 0.2) is 24.4 Å². The average molecular weight is 232 g/mol. The maximum atomic E-state index is 5.49. The van der Waals surface area contributed by atoms with Gasteiger partial charge in [0.15, 0.2) is 5.13 Å². The van der Waals surface area contributed by atoms with Gasteiger partial charge in [-0.3, -0.25) is 0 Å². The first kappa shape index (κ1) is 9.66. The van der Waals surface area contributed by atoms with Gasteiger partial charge in [0.1, 0.15) is 5.75 Å². The highest BCUT2D eigenvalue weighted by Crippen LogP contribution is 2.33. The van der Waals surface area contributed by atoms with Gasteiger partial charge in [-0.1, -0.05) is 11.3 Å². The number of anilines is 1. The van der Waals surface area contributed by atoms with Crippen molar-refractivity contribution >= 4 is 16.5 Å². The van der Waals surface area contributed by atoms with E-state index >= 15 is 0 Å². The number of hydrogen-bond donors (Lipinski definition) is 1. The molecule has 1 aliphatic heterocycles. The maximum absolute atomic E-state index is 5.49. The van der Waals surface area contributed by atoms with Gasteiger partial charge < -0.3 is 10.1 Å². The molecule has 0 saturated carbocycles. The molecule has 1 aromatic carbocycles. The molecule has 2 heterocycles. The van der Waals surface area contributed by atoms with E-state index in [0.29, 0.717) is 0 Å². The molecule has 3 rings (SSSR count). The predicted octanol–water partition coefficient (Wildman–Crippen LogP) is 2.79. The molecule has 16 heavy (non-hydrogen) atoms. The zero-order valence-electron chi connectivity index (χ0n) is 8.99. The Morgan fingerprint density at radius 3 is 3.19 bits per heavy atom. The van der Waals surface area contributed by atoms with Crippen LogP contribution in [-0.2, 0) is 6.42 Å². The molecule has 4 heteroatoms. The van der Waals surface area contributed by atoms with E-state index in [1.54, 1.807) is 11.3 Å². The Balaban J connectivity index is 2.00. The summed E-state index contributed by atoms with van der Waals surface area (Å²) in [5, 5.41) is 4.00. The standard InChI is InChI=1S/C12H12N2OS/c1-13-12-14-7-11(16-12)9-2-3-10-8(6-9)4-5-15-10/h2-3,6-7H,4-5H2,1H3,(H,13,14). The number of nitrogens with zero attached hydrogens (tertiary/aromatic N) is 1. The Morgan fingerprint density at radius 2 is 2.38 bits per heavy atom. The second-order valence-electron chi connectivity index (χ2n) is 3.70. The van der Waals surface area contributed by atoms with Crippen LogP contribution in [-0.4, -0.2) is 18.6 Å². The molecule has 0 atom stereocenters. The molecule has 3 nitrogen and oxygen atoms in total. The van der Waals surface area contributed by atoms with E-state index in [0.717, 1.165) is 23.9 Å². The van der Waals surface area contributed by atoms with Gasteiger partial charge in [-0.2, -0.15) is 0 Å². The third-order valence-electron chi connectivity index (χ3n) is 2.69. The van der Waals surface area contributed by atoms with Gasteiger partial charge in [-0.05, 0) is 29.3 Å². The second kappa shape index (κ2) is 3.79. The van der Waals surface area contributed by atoms with E-state index in [4.69, 9.17) is 4.74 Å². The smallest absolute Gasteiger partial charge is 0.182 e. The summed E-state index contributed by atoms with van der Waals surface area (Å²) in [6.45, 7) is 0.809. The highest BCUT2D eigenvalue weighted by atomic mass is 32.1. The molecule has 0 bridgehead atoms. The topological polar surface area (TPSA) is 34.2 Å². The van der Waals surface area contributed by atoms with Gasteiger partial charge in [-0.15, -0.1) is 0 Å². The van der Waals surface area contributed by atoms with E-state index in [2.05, 4.69) is 28.5 Å². The Bertz CT molecular complexity index is 521. The van der Waals surface area contributed by atoms with Crippen LogP contribution >= 0.6 is 11.3 Å². The third kappa shape index (κ3) is 1.55. The summed E-state index contributed by atoms with van der Waals surface area (Å²) in [4.78, 5) is 5.47. The number of fused-ring (bicyclic) bond motifs is 1. The van der Waals surface area contributed by atoms with Crippen LogP contribution in [0.5, 0.6) is 5.75 Å². The van der Waals surface area contributed by atoms with Crippen LogP contribution in [0, 0.1) is 0 Å². The molecule has 0 saturated heterocycles. The zero-order valence-corrected chi connectivity index (χ0v) is 9.80. The lowest BCUT2D eigenvalue weighted by molar-refractivity contribution is 0.357. The normalized spacial score (nSPS) is 13.3. The third-order valence-corrected chi connectivity index (χ3v) is 3.76. The summed E-state index contributed by atoms with van der Waals surface area (Å²) in [6, 6.07) is 6.35. The average Bonchev–Trinajstić information content (AvgIpc) is 2.96. The molecule has 1 aromatic heterocycles. The van der Waals surface area contributed by atoms with Crippen molar-refractivity contribution in [3.05, 3.63) is 30.0 Å². The summed E-state index contributed by atoms with van der Waals surface area (Å²) in [5.74, 6) is 1.03. The fraction of sp³-hybridized carbons (Fsp3) is 0.250. The molecule has 1 aliphatic rings. The molecule has 0 amide bonds. The minimum Gasteiger partial charge on any atom is -0.493 e. The van der Waals surface area contributed by atoms with Crippen LogP contribution < -0.4 is 10.1 Å². The lowest BCUT2D eigenvalue weighted by Gasteiger charge is -2.01. The van der Waals surface area contributed by atoms with E-state index in [-0.39, 0.29) is 0 Å². The number of benzene rings is 1. The van der Waals surface area contributed by atoms with E-state index in [9.17, 15) is 0 Å². The van der Waals surface area contributed by atoms with Crippen molar-refractivity contribution in [3.63, 3.8) is 0 Å². The van der Waals surface area contributed by atoms with Crippen molar-refractivity contribution in [2.24, 2.45) is 0 Å². The maximum Gasteiger partial charge on any atom is 0.182 e. The number of hydrogen-bond acceptors (Lipinski definition) is 4. The monoisotopic (exact) mass is 232 g/mol. The van der Waals surface area contributed by atoms with Crippen molar-refractivity contribution in [2.45, 2.75) is 6.42 Å². The molecule has 82 valence electrons.